The maximum Gasteiger partial charge on any atom is 0.306 e. The van der Waals surface area contributed by atoms with Crippen molar-refractivity contribution >= 4 is 18.2 Å². The summed E-state index contributed by atoms with van der Waals surface area (Å²) in [6.45, 7) is 6.60. The molecule has 0 spiro atoms. The first kappa shape index (κ1) is 21.1. The van der Waals surface area contributed by atoms with E-state index in [1.54, 1.807) is 0 Å². The predicted octanol–water partition coefficient (Wildman–Crippen LogP) is 3.80. The fourth-order valence-electron chi connectivity index (χ4n) is 4.98. The summed E-state index contributed by atoms with van der Waals surface area (Å²) in [4.78, 5) is 35.5. The maximum absolute atomic E-state index is 13.1. The summed E-state index contributed by atoms with van der Waals surface area (Å²) >= 11 is 0. The van der Waals surface area contributed by atoms with Crippen molar-refractivity contribution in [3.8, 4) is 5.75 Å². The number of ether oxygens (including phenoxy) is 2. The monoisotopic (exact) mass is 400 g/mol. The number of rotatable bonds is 6. The van der Waals surface area contributed by atoms with Crippen LogP contribution in [0.3, 0.4) is 0 Å². The minimum atomic E-state index is -0.360. The minimum absolute atomic E-state index is 0.0273. The van der Waals surface area contributed by atoms with E-state index >= 15 is 0 Å². The summed E-state index contributed by atoms with van der Waals surface area (Å²) in [6.07, 6.45) is 2.09. The van der Waals surface area contributed by atoms with Gasteiger partial charge >= 0.3 is 5.97 Å². The second-order valence-electron chi connectivity index (χ2n) is 8.42. The molecule has 3 rings (SSSR count). The van der Waals surface area contributed by atoms with Crippen molar-refractivity contribution in [2.75, 3.05) is 13.7 Å². The fourth-order valence-corrected chi connectivity index (χ4v) is 4.98. The molecule has 1 N–H and O–H groups in total. The van der Waals surface area contributed by atoms with Crippen LogP contribution in [0.4, 0.5) is 0 Å². The van der Waals surface area contributed by atoms with E-state index in [1.807, 2.05) is 26.0 Å². The highest BCUT2D eigenvalue weighted by atomic mass is 16.5. The maximum atomic E-state index is 13.1. The third-order valence-corrected chi connectivity index (χ3v) is 6.79. The first-order valence-corrected chi connectivity index (χ1v) is 9.94. The lowest BCUT2D eigenvalue weighted by atomic mass is 9.56. The summed E-state index contributed by atoms with van der Waals surface area (Å²) < 4.78 is 9.77. The zero-order valence-electron chi connectivity index (χ0n) is 17.4. The molecule has 2 aliphatic carbocycles. The van der Waals surface area contributed by atoms with Crippen LogP contribution in [0.2, 0.25) is 0 Å². The van der Waals surface area contributed by atoms with E-state index in [2.05, 4.69) is 6.92 Å². The van der Waals surface area contributed by atoms with Gasteiger partial charge < -0.3 is 14.6 Å². The number of benzene rings is 1. The van der Waals surface area contributed by atoms with E-state index in [0.29, 0.717) is 17.6 Å². The first-order valence-electron chi connectivity index (χ1n) is 9.94. The standard InChI is InChI=1S/C23H28O6/c1-13-7-8-23(3)17-6-5-15(14(2)9-20(26)28-4)22(27)21(17)19(25)10-18(23)16(13)11-29-12-24/h5-6,12,14,18,27H,7-11H2,1-4H3. The van der Waals surface area contributed by atoms with Gasteiger partial charge in [0, 0.05) is 17.8 Å². The number of hydrogen-bond acceptors (Lipinski definition) is 6. The number of carbonyl (C=O) groups excluding carboxylic acids is 3. The van der Waals surface area contributed by atoms with Gasteiger partial charge in [-0.25, -0.2) is 0 Å². The Kier molecular flexibility index (Phi) is 5.82. The number of fused-ring (bicyclic) bond motifs is 3. The number of phenolic OH excluding ortho intramolecular Hbond substituents is 1. The summed E-state index contributed by atoms with van der Waals surface area (Å²) in [5.41, 5.74) is 3.63. The number of methoxy groups -OCH3 is 1. The summed E-state index contributed by atoms with van der Waals surface area (Å²) in [5.74, 6) is -0.836. The Bertz CT molecular complexity index is 884. The van der Waals surface area contributed by atoms with E-state index in [4.69, 9.17) is 9.47 Å². The van der Waals surface area contributed by atoms with Gasteiger partial charge in [-0.1, -0.05) is 31.6 Å². The fraction of sp³-hybridized carbons (Fsp3) is 0.522. The largest absolute Gasteiger partial charge is 0.507 e. The lowest BCUT2D eigenvalue weighted by Crippen LogP contribution is -2.43. The van der Waals surface area contributed by atoms with Gasteiger partial charge in [-0.05, 0) is 42.4 Å². The third kappa shape index (κ3) is 3.56. The topological polar surface area (TPSA) is 89.9 Å². The number of carbonyl (C=O) groups is 3. The Balaban J connectivity index is 2.05. The highest BCUT2D eigenvalue weighted by molar-refractivity contribution is 6.02. The minimum Gasteiger partial charge on any atom is -0.507 e. The molecule has 6 nitrogen and oxygen atoms in total. The molecule has 0 bridgehead atoms. The molecule has 29 heavy (non-hydrogen) atoms. The van der Waals surface area contributed by atoms with Gasteiger partial charge in [0.25, 0.3) is 6.47 Å². The number of Topliss-reactive ketones (excluding diaryl/α,β-unsaturated/α-hetero) is 1. The van der Waals surface area contributed by atoms with E-state index < -0.39 is 0 Å². The van der Waals surface area contributed by atoms with Crippen molar-refractivity contribution in [3.63, 3.8) is 0 Å². The van der Waals surface area contributed by atoms with Crippen molar-refractivity contribution in [1.82, 2.24) is 0 Å². The molecule has 0 radical (unpaired) electrons. The van der Waals surface area contributed by atoms with Crippen molar-refractivity contribution in [3.05, 3.63) is 40.0 Å². The number of esters is 1. The SMILES string of the molecule is COC(=O)CC(C)c1ccc2c(c1O)C(=O)CC1C(COC=O)=C(C)CCC21C. The van der Waals surface area contributed by atoms with Gasteiger partial charge in [0.15, 0.2) is 5.78 Å². The van der Waals surface area contributed by atoms with Gasteiger partial charge in [-0.3, -0.25) is 14.4 Å². The molecule has 2 aliphatic rings. The lowest BCUT2D eigenvalue weighted by Gasteiger charge is -2.47. The zero-order chi connectivity index (χ0) is 21.3. The zero-order valence-corrected chi connectivity index (χ0v) is 17.4. The van der Waals surface area contributed by atoms with E-state index in [0.717, 1.165) is 29.6 Å². The number of phenols is 1. The number of aromatic hydroxyl groups is 1. The molecule has 0 aromatic heterocycles. The molecule has 0 heterocycles. The van der Waals surface area contributed by atoms with Crippen molar-refractivity contribution in [2.24, 2.45) is 5.92 Å². The summed E-state index contributed by atoms with van der Waals surface area (Å²) in [5, 5.41) is 11.0. The molecule has 0 saturated carbocycles. The van der Waals surface area contributed by atoms with Crippen LogP contribution < -0.4 is 0 Å². The first-order chi connectivity index (χ1) is 13.7. The lowest BCUT2D eigenvalue weighted by molar-refractivity contribution is -0.141. The van der Waals surface area contributed by atoms with E-state index in [9.17, 15) is 19.5 Å². The van der Waals surface area contributed by atoms with Gasteiger partial charge in [0.2, 0.25) is 0 Å². The smallest absolute Gasteiger partial charge is 0.306 e. The Morgan fingerprint density at radius 1 is 1.41 bits per heavy atom. The van der Waals surface area contributed by atoms with Gasteiger partial charge in [0.1, 0.15) is 12.4 Å². The Labute approximate surface area is 170 Å². The quantitative estimate of drug-likeness (QED) is 0.444. The van der Waals surface area contributed by atoms with Crippen molar-refractivity contribution < 1.29 is 29.0 Å². The van der Waals surface area contributed by atoms with Crippen LogP contribution in [0.15, 0.2) is 23.3 Å². The summed E-state index contributed by atoms with van der Waals surface area (Å²) in [6, 6.07) is 3.73. The molecule has 0 fully saturated rings. The highest BCUT2D eigenvalue weighted by Crippen LogP contribution is 2.54. The van der Waals surface area contributed by atoms with Crippen LogP contribution in [-0.4, -0.2) is 37.0 Å². The molecule has 0 saturated heterocycles. The highest BCUT2D eigenvalue weighted by Gasteiger charge is 2.48. The van der Waals surface area contributed by atoms with Crippen LogP contribution in [0.25, 0.3) is 0 Å². The van der Waals surface area contributed by atoms with Crippen molar-refractivity contribution in [1.29, 1.82) is 0 Å². The Hall–Kier alpha value is -2.63. The average molecular weight is 400 g/mol. The second kappa shape index (κ2) is 8.01. The Morgan fingerprint density at radius 3 is 2.79 bits per heavy atom. The van der Waals surface area contributed by atoms with Crippen LogP contribution >= 0.6 is 0 Å². The van der Waals surface area contributed by atoms with Gasteiger partial charge in [-0.2, -0.15) is 0 Å². The van der Waals surface area contributed by atoms with Crippen LogP contribution in [0.1, 0.15) is 73.9 Å². The van der Waals surface area contributed by atoms with Gasteiger partial charge in [-0.15, -0.1) is 0 Å². The molecule has 1 aromatic carbocycles. The Morgan fingerprint density at radius 2 is 2.14 bits per heavy atom. The molecule has 156 valence electrons. The second-order valence-corrected chi connectivity index (χ2v) is 8.42. The number of hydrogen-bond donors (Lipinski definition) is 1. The molecule has 6 heteroatoms. The van der Waals surface area contributed by atoms with Crippen LogP contribution in [0, 0.1) is 5.92 Å². The van der Waals surface area contributed by atoms with Crippen LogP contribution in [0.5, 0.6) is 5.75 Å². The molecular formula is C23H28O6. The molecular weight excluding hydrogens is 372 g/mol. The predicted molar refractivity (Wildman–Crippen MR) is 107 cm³/mol. The van der Waals surface area contributed by atoms with Gasteiger partial charge in [0.05, 0.1) is 19.1 Å². The third-order valence-electron chi connectivity index (χ3n) is 6.79. The van der Waals surface area contributed by atoms with Crippen LogP contribution in [-0.2, 0) is 24.5 Å². The molecule has 1 aromatic rings. The normalized spacial score (nSPS) is 24.4. The summed E-state index contributed by atoms with van der Waals surface area (Å²) in [7, 11) is 1.33. The number of ketones is 1. The molecule has 0 aliphatic heterocycles. The average Bonchev–Trinajstić information content (AvgIpc) is 2.69. The van der Waals surface area contributed by atoms with E-state index in [1.165, 1.54) is 7.11 Å². The molecule has 0 amide bonds. The number of allylic oxidation sites excluding steroid dienone is 1. The molecule has 3 unspecified atom stereocenters. The molecule has 3 atom stereocenters. The van der Waals surface area contributed by atoms with E-state index in [-0.39, 0.29) is 54.2 Å². The van der Waals surface area contributed by atoms with Crippen molar-refractivity contribution in [2.45, 2.75) is 57.8 Å².